The van der Waals surface area contributed by atoms with Gasteiger partial charge in [-0.05, 0) is 38.1 Å². The largest absolute Gasteiger partial charge is 0.370 e. The molecule has 2 atom stereocenters. The van der Waals surface area contributed by atoms with Gasteiger partial charge in [-0.3, -0.25) is 0 Å². The van der Waals surface area contributed by atoms with Crippen LogP contribution in [0.2, 0.25) is 0 Å². The predicted octanol–water partition coefficient (Wildman–Crippen LogP) is 2.73. The van der Waals surface area contributed by atoms with Gasteiger partial charge >= 0.3 is 0 Å². The van der Waals surface area contributed by atoms with Crippen LogP contribution in [-0.4, -0.2) is 29.3 Å². The molecule has 1 saturated carbocycles. The second-order valence-electron chi connectivity index (χ2n) is 5.87. The number of rotatable bonds is 9. The highest BCUT2D eigenvalue weighted by Crippen LogP contribution is 2.34. The minimum absolute atomic E-state index is 0.0731. The summed E-state index contributed by atoms with van der Waals surface area (Å²) in [6.07, 6.45) is 3.37. The molecule has 5 nitrogen and oxygen atoms in total. The summed E-state index contributed by atoms with van der Waals surface area (Å²) in [5, 5.41) is 7.63. The highest BCUT2D eigenvalue weighted by Gasteiger charge is 2.32. The van der Waals surface area contributed by atoms with E-state index in [1.807, 2.05) is 6.92 Å². The Morgan fingerprint density at radius 2 is 2.10 bits per heavy atom. The van der Waals surface area contributed by atoms with Crippen LogP contribution >= 0.6 is 0 Å². The monoisotopic (exact) mass is 281 g/mol. The molecule has 0 aromatic carbocycles. The van der Waals surface area contributed by atoms with Crippen molar-refractivity contribution in [2.24, 2.45) is 11.8 Å². The van der Waals surface area contributed by atoms with Crippen LogP contribution in [0.3, 0.4) is 0 Å². The lowest BCUT2D eigenvalue weighted by atomic mass is 10.1. The number of aromatic nitrogens is 2. The molecule has 1 aromatic heterocycles. The van der Waals surface area contributed by atoms with Crippen LogP contribution < -0.4 is 5.32 Å². The molecule has 0 saturated heterocycles. The SMILES string of the molecule is CCNC(Cc1nc(C(OCC)C(C)C)no1)C1CC1. The maximum absolute atomic E-state index is 5.71. The van der Waals surface area contributed by atoms with Crippen LogP contribution in [0.4, 0.5) is 0 Å². The first-order valence-electron chi connectivity index (χ1n) is 7.83. The zero-order valence-corrected chi connectivity index (χ0v) is 13.1. The summed E-state index contributed by atoms with van der Waals surface area (Å²) in [5.74, 6) is 2.53. The molecule has 2 unspecified atom stereocenters. The molecule has 114 valence electrons. The topological polar surface area (TPSA) is 60.2 Å². The number of nitrogens with zero attached hydrogens (tertiary/aromatic N) is 2. The van der Waals surface area contributed by atoms with Crippen molar-refractivity contribution in [2.45, 2.75) is 59.1 Å². The van der Waals surface area contributed by atoms with Gasteiger partial charge < -0.3 is 14.6 Å². The van der Waals surface area contributed by atoms with Gasteiger partial charge in [0.05, 0.1) is 0 Å². The van der Waals surface area contributed by atoms with E-state index in [9.17, 15) is 0 Å². The lowest BCUT2D eigenvalue weighted by Gasteiger charge is -2.16. The Bertz CT molecular complexity index is 402. The molecule has 0 amide bonds. The number of likely N-dealkylation sites (N-methyl/N-ethyl adjacent to an activating group) is 1. The second kappa shape index (κ2) is 7.18. The van der Waals surface area contributed by atoms with E-state index in [1.165, 1.54) is 12.8 Å². The normalized spacial score (nSPS) is 18.4. The van der Waals surface area contributed by atoms with Crippen LogP contribution in [0.1, 0.15) is 58.4 Å². The maximum atomic E-state index is 5.71. The molecule has 1 heterocycles. The molecule has 1 N–H and O–H groups in total. The van der Waals surface area contributed by atoms with Gasteiger partial charge in [0.2, 0.25) is 11.7 Å². The molecular weight excluding hydrogens is 254 g/mol. The number of ether oxygens (including phenoxy) is 1. The summed E-state index contributed by atoms with van der Waals surface area (Å²) in [7, 11) is 0. The van der Waals surface area contributed by atoms with Crippen molar-refractivity contribution in [3.63, 3.8) is 0 Å². The molecule has 1 fully saturated rings. The fourth-order valence-corrected chi connectivity index (χ4v) is 2.57. The van der Waals surface area contributed by atoms with Crippen LogP contribution in [0.5, 0.6) is 0 Å². The maximum Gasteiger partial charge on any atom is 0.228 e. The van der Waals surface area contributed by atoms with Crippen molar-refractivity contribution in [3.05, 3.63) is 11.7 Å². The van der Waals surface area contributed by atoms with E-state index in [4.69, 9.17) is 9.26 Å². The fraction of sp³-hybridized carbons (Fsp3) is 0.867. The van der Waals surface area contributed by atoms with Crippen molar-refractivity contribution in [3.8, 4) is 0 Å². The van der Waals surface area contributed by atoms with Crippen molar-refractivity contribution in [1.29, 1.82) is 0 Å². The molecule has 0 radical (unpaired) electrons. The van der Waals surface area contributed by atoms with Gasteiger partial charge in [-0.25, -0.2) is 0 Å². The fourth-order valence-electron chi connectivity index (χ4n) is 2.57. The standard InChI is InChI=1S/C15H27N3O2/c1-5-16-12(11-7-8-11)9-13-17-15(18-20-13)14(10(3)4)19-6-2/h10-12,14,16H,5-9H2,1-4H3. The van der Waals surface area contributed by atoms with E-state index >= 15 is 0 Å². The third kappa shape index (κ3) is 4.03. The molecule has 1 aromatic rings. The Hall–Kier alpha value is -0.940. The minimum atomic E-state index is -0.0731. The van der Waals surface area contributed by atoms with Crippen molar-refractivity contribution < 1.29 is 9.26 Å². The molecule has 0 spiro atoms. The lowest BCUT2D eigenvalue weighted by molar-refractivity contribution is 0.0217. The summed E-state index contributed by atoms with van der Waals surface area (Å²) in [5.41, 5.74) is 0. The molecule has 0 aliphatic heterocycles. The average Bonchev–Trinajstić information content (AvgIpc) is 3.16. The molecule has 0 bridgehead atoms. The quantitative estimate of drug-likeness (QED) is 0.754. The van der Waals surface area contributed by atoms with Gasteiger partial charge in [-0.15, -0.1) is 0 Å². The molecular formula is C15H27N3O2. The summed E-state index contributed by atoms with van der Waals surface area (Å²) in [4.78, 5) is 4.54. The third-order valence-electron chi connectivity index (χ3n) is 3.74. The molecule has 5 heteroatoms. The van der Waals surface area contributed by atoms with Crippen LogP contribution in [0.25, 0.3) is 0 Å². The molecule has 1 aliphatic rings. The number of hydrogen-bond donors (Lipinski definition) is 1. The van der Waals surface area contributed by atoms with E-state index in [2.05, 4.69) is 36.2 Å². The number of hydrogen-bond acceptors (Lipinski definition) is 5. The van der Waals surface area contributed by atoms with Crippen LogP contribution in [-0.2, 0) is 11.2 Å². The van der Waals surface area contributed by atoms with E-state index in [-0.39, 0.29) is 6.10 Å². The zero-order valence-electron chi connectivity index (χ0n) is 13.1. The Labute approximate surface area is 121 Å². The Morgan fingerprint density at radius 3 is 2.65 bits per heavy atom. The minimum Gasteiger partial charge on any atom is -0.370 e. The number of nitrogens with one attached hydrogen (secondary N) is 1. The van der Waals surface area contributed by atoms with Gasteiger partial charge in [0.25, 0.3) is 0 Å². The first-order chi connectivity index (χ1) is 9.65. The van der Waals surface area contributed by atoms with Crippen molar-refractivity contribution in [1.82, 2.24) is 15.5 Å². The van der Waals surface area contributed by atoms with Crippen molar-refractivity contribution >= 4 is 0 Å². The Balaban J connectivity index is 1.99. The summed E-state index contributed by atoms with van der Waals surface area (Å²) in [6.45, 7) is 10.00. The van der Waals surface area contributed by atoms with Crippen LogP contribution in [0, 0.1) is 11.8 Å². The molecule has 2 rings (SSSR count). The summed E-state index contributed by atoms with van der Waals surface area (Å²) in [6, 6.07) is 0.470. The lowest BCUT2D eigenvalue weighted by Crippen LogP contribution is -2.33. The van der Waals surface area contributed by atoms with Gasteiger partial charge in [-0.1, -0.05) is 25.9 Å². The second-order valence-corrected chi connectivity index (χ2v) is 5.87. The summed E-state index contributed by atoms with van der Waals surface area (Å²) < 4.78 is 11.1. The third-order valence-corrected chi connectivity index (χ3v) is 3.74. The first-order valence-corrected chi connectivity index (χ1v) is 7.83. The zero-order chi connectivity index (χ0) is 14.5. The Morgan fingerprint density at radius 1 is 1.35 bits per heavy atom. The predicted molar refractivity (Wildman–Crippen MR) is 77.4 cm³/mol. The van der Waals surface area contributed by atoms with E-state index in [1.54, 1.807) is 0 Å². The van der Waals surface area contributed by atoms with Gasteiger partial charge in [0.15, 0.2) is 0 Å². The Kier molecular flexibility index (Phi) is 5.54. The van der Waals surface area contributed by atoms with Gasteiger partial charge in [0, 0.05) is 19.1 Å². The molecule has 20 heavy (non-hydrogen) atoms. The average molecular weight is 281 g/mol. The van der Waals surface area contributed by atoms with Gasteiger partial charge in [0.1, 0.15) is 6.10 Å². The summed E-state index contributed by atoms with van der Waals surface area (Å²) >= 11 is 0. The van der Waals surface area contributed by atoms with Gasteiger partial charge in [-0.2, -0.15) is 4.98 Å². The first kappa shape index (κ1) is 15.4. The highest BCUT2D eigenvalue weighted by molar-refractivity contribution is 4.97. The molecule has 1 aliphatic carbocycles. The highest BCUT2D eigenvalue weighted by atomic mass is 16.5. The van der Waals surface area contributed by atoms with Crippen LogP contribution in [0.15, 0.2) is 4.52 Å². The van der Waals surface area contributed by atoms with E-state index < -0.39 is 0 Å². The smallest absolute Gasteiger partial charge is 0.228 e. The van der Waals surface area contributed by atoms with E-state index in [0.29, 0.717) is 24.4 Å². The van der Waals surface area contributed by atoms with Crippen molar-refractivity contribution in [2.75, 3.05) is 13.2 Å². The van der Waals surface area contributed by atoms with E-state index in [0.717, 1.165) is 24.8 Å².